The van der Waals surface area contributed by atoms with E-state index in [0.717, 1.165) is 3.57 Å². The van der Waals surface area contributed by atoms with Crippen molar-refractivity contribution in [3.05, 3.63) is 61.7 Å². The summed E-state index contributed by atoms with van der Waals surface area (Å²) < 4.78 is 6.67. The zero-order valence-corrected chi connectivity index (χ0v) is 12.7. The molecule has 0 saturated carbocycles. The summed E-state index contributed by atoms with van der Waals surface area (Å²) >= 11 is 2.17. The van der Waals surface area contributed by atoms with Crippen LogP contribution in [0.15, 0.2) is 42.5 Å². The molecule has 102 valence electrons. The summed E-state index contributed by atoms with van der Waals surface area (Å²) in [6.07, 6.45) is 0. The quantitative estimate of drug-likeness (QED) is 0.344. The highest BCUT2D eigenvalue weighted by atomic mass is 127. The number of Topliss-reactive ketones (excluding diaryl/α,β-unsaturated/α-hetero) is 1. The highest BCUT2D eigenvalue weighted by Gasteiger charge is 2.15. The van der Waals surface area contributed by atoms with Gasteiger partial charge in [0.05, 0.1) is 10.5 Å². The molecule has 5 nitrogen and oxygen atoms in total. The maximum atomic E-state index is 11.6. The van der Waals surface area contributed by atoms with Crippen molar-refractivity contribution in [3.63, 3.8) is 0 Å². The molecule has 0 unspecified atom stereocenters. The van der Waals surface area contributed by atoms with Gasteiger partial charge in [-0.3, -0.25) is 14.9 Å². The van der Waals surface area contributed by atoms with Crippen molar-refractivity contribution in [2.45, 2.75) is 6.92 Å². The first-order valence-electron chi connectivity index (χ1n) is 5.70. The normalized spacial score (nSPS) is 10.1. The number of hydrogen-bond donors (Lipinski definition) is 0. The first kappa shape index (κ1) is 14.4. The molecule has 6 heteroatoms. The van der Waals surface area contributed by atoms with Crippen molar-refractivity contribution < 1.29 is 14.5 Å². The number of ether oxygens (including phenoxy) is 1. The van der Waals surface area contributed by atoms with Crippen LogP contribution in [0.3, 0.4) is 0 Å². The van der Waals surface area contributed by atoms with Gasteiger partial charge < -0.3 is 4.74 Å². The molecule has 0 spiro atoms. The van der Waals surface area contributed by atoms with Crippen molar-refractivity contribution in [2.24, 2.45) is 0 Å². The molecule has 0 amide bonds. The Balaban J connectivity index is 2.38. The molecule has 2 aromatic rings. The van der Waals surface area contributed by atoms with Crippen LogP contribution < -0.4 is 4.74 Å². The number of carbonyl (C=O) groups excluding carboxylic acids is 1. The van der Waals surface area contributed by atoms with Gasteiger partial charge in [0.15, 0.2) is 5.78 Å². The van der Waals surface area contributed by atoms with Crippen LogP contribution in [0.25, 0.3) is 0 Å². The number of nitrogens with zero attached hydrogens (tertiary/aromatic N) is 1. The van der Waals surface area contributed by atoms with Gasteiger partial charge in [-0.15, -0.1) is 0 Å². The van der Waals surface area contributed by atoms with Crippen LogP contribution in [-0.2, 0) is 0 Å². The van der Waals surface area contributed by atoms with Gasteiger partial charge in [-0.2, -0.15) is 0 Å². The van der Waals surface area contributed by atoms with Crippen LogP contribution in [0.5, 0.6) is 11.5 Å². The van der Waals surface area contributed by atoms with Gasteiger partial charge in [0.2, 0.25) is 0 Å². The number of hydrogen-bond acceptors (Lipinski definition) is 4. The summed E-state index contributed by atoms with van der Waals surface area (Å²) in [4.78, 5) is 21.8. The lowest BCUT2D eigenvalue weighted by molar-refractivity contribution is -0.384. The van der Waals surface area contributed by atoms with Crippen LogP contribution in [0.2, 0.25) is 0 Å². The van der Waals surface area contributed by atoms with E-state index >= 15 is 0 Å². The molecule has 20 heavy (non-hydrogen) atoms. The Morgan fingerprint density at radius 3 is 2.40 bits per heavy atom. The molecule has 0 aromatic heterocycles. The number of nitro groups is 1. The van der Waals surface area contributed by atoms with E-state index in [4.69, 9.17) is 4.74 Å². The minimum Gasteiger partial charge on any atom is -0.457 e. The predicted molar refractivity (Wildman–Crippen MR) is 82.3 cm³/mol. The highest BCUT2D eigenvalue weighted by Crippen LogP contribution is 2.29. The topological polar surface area (TPSA) is 69.4 Å². The van der Waals surface area contributed by atoms with Gasteiger partial charge in [0, 0.05) is 15.7 Å². The van der Waals surface area contributed by atoms with E-state index in [0.29, 0.717) is 11.5 Å². The maximum Gasteiger partial charge on any atom is 0.270 e. The molecule has 2 rings (SSSR count). The van der Waals surface area contributed by atoms with E-state index < -0.39 is 4.92 Å². The fraction of sp³-hybridized carbons (Fsp3) is 0.0714. The van der Waals surface area contributed by atoms with Crippen LogP contribution in [0.1, 0.15) is 17.3 Å². The predicted octanol–water partition coefficient (Wildman–Crippen LogP) is 4.19. The fourth-order valence-electron chi connectivity index (χ4n) is 1.63. The molecular weight excluding hydrogens is 373 g/mol. The molecule has 0 N–H and O–H groups in total. The third-order valence-corrected chi connectivity index (χ3v) is 3.31. The standard InChI is InChI=1S/C14H10INO4/c1-9(17)13-8-11(16(18)19)4-7-14(13)20-12-5-2-10(15)3-6-12/h2-8H,1H3. The van der Waals surface area contributed by atoms with E-state index in [1.165, 1.54) is 25.1 Å². The highest BCUT2D eigenvalue weighted by molar-refractivity contribution is 14.1. The molecule has 0 aliphatic carbocycles. The second kappa shape index (κ2) is 6.00. The number of ketones is 1. The molecule has 0 radical (unpaired) electrons. The minimum absolute atomic E-state index is 0.134. The summed E-state index contributed by atoms with van der Waals surface area (Å²) in [5.41, 5.74) is 0.0583. The van der Waals surface area contributed by atoms with E-state index in [-0.39, 0.29) is 17.0 Å². The van der Waals surface area contributed by atoms with Crippen molar-refractivity contribution in [3.8, 4) is 11.5 Å². The fourth-order valence-corrected chi connectivity index (χ4v) is 1.98. The summed E-state index contributed by atoms with van der Waals surface area (Å²) in [6, 6.07) is 11.3. The number of nitro benzene ring substituents is 1. The molecule has 0 bridgehead atoms. The van der Waals surface area contributed by atoms with Gasteiger partial charge in [0.1, 0.15) is 11.5 Å². The summed E-state index contributed by atoms with van der Waals surface area (Å²) in [5.74, 6) is 0.597. The van der Waals surface area contributed by atoms with Gasteiger partial charge in [-0.1, -0.05) is 0 Å². The minimum atomic E-state index is -0.541. The Hall–Kier alpha value is -1.96. The van der Waals surface area contributed by atoms with Gasteiger partial charge in [-0.05, 0) is 59.8 Å². The van der Waals surface area contributed by atoms with E-state index in [9.17, 15) is 14.9 Å². The second-order valence-electron chi connectivity index (χ2n) is 4.05. The zero-order valence-electron chi connectivity index (χ0n) is 10.5. The SMILES string of the molecule is CC(=O)c1cc([N+](=O)[O-])ccc1Oc1ccc(I)cc1. The van der Waals surface area contributed by atoms with Gasteiger partial charge in [-0.25, -0.2) is 0 Å². The Labute approximate surface area is 128 Å². The monoisotopic (exact) mass is 383 g/mol. The van der Waals surface area contributed by atoms with Crippen LogP contribution in [0.4, 0.5) is 5.69 Å². The third-order valence-electron chi connectivity index (χ3n) is 2.59. The average Bonchev–Trinajstić information content (AvgIpc) is 2.41. The summed E-state index contributed by atoms with van der Waals surface area (Å²) in [5, 5.41) is 10.7. The van der Waals surface area contributed by atoms with Crippen molar-refractivity contribution in [1.29, 1.82) is 0 Å². The largest absolute Gasteiger partial charge is 0.457 e. The van der Waals surface area contributed by atoms with Gasteiger partial charge >= 0.3 is 0 Å². The van der Waals surface area contributed by atoms with Crippen molar-refractivity contribution in [2.75, 3.05) is 0 Å². The summed E-state index contributed by atoms with van der Waals surface area (Å²) in [7, 11) is 0. The number of non-ortho nitro benzene ring substituents is 1. The number of benzene rings is 2. The van der Waals surface area contributed by atoms with Crippen LogP contribution in [0, 0.1) is 13.7 Å². The number of rotatable bonds is 4. The van der Waals surface area contributed by atoms with E-state index in [1.807, 2.05) is 12.1 Å². The second-order valence-corrected chi connectivity index (χ2v) is 5.30. The molecule has 0 fully saturated rings. The molecular formula is C14H10INO4. The Morgan fingerprint density at radius 2 is 1.85 bits per heavy atom. The third kappa shape index (κ3) is 3.32. The van der Waals surface area contributed by atoms with Gasteiger partial charge in [0.25, 0.3) is 5.69 Å². The smallest absolute Gasteiger partial charge is 0.270 e. The molecule has 0 atom stereocenters. The Kier molecular flexibility index (Phi) is 4.33. The number of carbonyl (C=O) groups is 1. The molecule has 2 aromatic carbocycles. The lowest BCUT2D eigenvalue weighted by Crippen LogP contribution is -1.99. The average molecular weight is 383 g/mol. The molecule has 0 saturated heterocycles. The van der Waals surface area contributed by atoms with E-state index in [2.05, 4.69) is 22.6 Å². The molecule has 0 heterocycles. The van der Waals surface area contributed by atoms with E-state index in [1.54, 1.807) is 12.1 Å². The number of halogens is 1. The first-order valence-corrected chi connectivity index (χ1v) is 6.78. The van der Waals surface area contributed by atoms with Crippen molar-refractivity contribution in [1.82, 2.24) is 0 Å². The lowest BCUT2D eigenvalue weighted by Gasteiger charge is -2.09. The zero-order chi connectivity index (χ0) is 14.7. The summed E-state index contributed by atoms with van der Waals surface area (Å²) in [6.45, 7) is 1.35. The Morgan fingerprint density at radius 1 is 1.20 bits per heavy atom. The first-order chi connectivity index (χ1) is 9.47. The lowest BCUT2D eigenvalue weighted by atomic mass is 10.1. The Bertz CT molecular complexity index is 667. The molecule has 0 aliphatic rings. The molecule has 0 aliphatic heterocycles. The van der Waals surface area contributed by atoms with Crippen molar-refractivity contribution >= 4 is 34.1 Å². The van der Waals surface area contributed by atoms with Crippen LogP contribution >= 0.6 is 22.6 Å². The maximum absolute atomic E-state index is 11.6. The van der Waals surface area contributed by atoms with Crippen LogP contribution in [-0.4, -0.2) is 10.7 Å².